The first-order chi connectivity index (χ1) is 10.1. The Kier molecular flexibility index (Phi) is 5.04. The fraction of sp³-hybridized carbons (Fsp3) is 0.0667. The van der Waals surface area contributed by atoms with Crippen molar-refractivity contribution < 1.29 is 9.53 Å². The van der Waals surface area contributed by atoms with Gasteiger partial charge < -0.3 is 10.1 Å². The van der Waals surface area contributed by atoms with E-state index in [9.17, 15) is 4.79 Å². The fourth-order valence-corrected chi connectivity index (χ4v) is 2.06. The van der Waals surface area contributed by atoms with Crippen LogP contribution in [0.2, 0.25) is 10.0 Å². The van der Waals surface area contributed by atoms with Crippen molar-refractivity contribution in [1.29, 1.82) is 5.26 Å². The van der Waals surface area contributed by atoms with Crippen molar-refractivity contribution in [2.75, 3.05) is 11.9 Å². The monoisotopic (exact) mass is 320 g/mol. The largest absolute Gasteiger partial charge is 0.484 e. The van der Waals surface area contributed by atoms with Gasteiger partial charge in [-0.15, -0.1) is 0 Å². The second-order valence-corrected chi connectivity index (χ2v) is 4.88. The van der Waals surface area contributed by atoms with Gasteiger partial charge in [0.1, 0.15) is 5.75 Å². The molecule has 0 radical (unpaired) electrons. The lowest BCUT2D eigenvalue weighted by atomic mass is 10.2. The van der Waals surface area contributed by atoms with Crippen LogP contribution in [0, 0.1) is 11.3 Å². The van der Waals surface area contributed by atoms with Crippen LogP contribution in [0.5, 0.6) is 5.75 Å². The highest BCUT2D eigenvalue weighted by atomic mass is 35.5. The lowest BCUT2D eigenvalue weighted by molar-refractivity contribution is -0.118. The van der Waals surface area contributed by atoms with Gasteiger partial charge >= 0.3 is 0 Å². The molecule has 4 nitrogen and oxygen atoms in total. The highest BCUT2D eigenvalue weighted by Gasteiger charge is 2.10. The third kappa shape index (κ3) is 4.12. The summed E-state index contributed by atoms with van der Waals surface area (Å²) in [5.41, 5.74) is 0.879. The number of ether oxygens (including phenoxy) is 1. The van der Waals surface area contributed by atoms with E-state index in [0.717, 1.165) is 0 Å². The summed E-state index contributed by atoms with van der Waals surface area (Å²) in [6.07, 6.45) is 0. The molecule has 2 aromatic carbocycles. The summed E-state index contributed by atoms with van der Waals surface area (Å²) in [7, 11) is 0. The normalized spacial score (nSPS) is 9.76. The molecule has 0 saturated heterocycles. The zero-order valence-electron chi connectivity index (χ0n) is 10.8. The van der Waals surface area contributed by atoms with Crippen molar-refractivity contribution in [2.45, 2.75) is 0 Å². The van der Waals surface area contributed by atoms with E-state index >= 15 is 0 Å². The summed E-state index contributed by atoms with van der Waals surface area (Å²) in [6.45, 7) is -0.187. The van der Waals surface area contributed by atoms with Crippen molar-refractivity contribution in [3.8, 4) is 11.8 Å². The first-order valence-corrected chi connectivity index (χ1v) is 6.72. The minimum atomic E-state index is -0.380. The first-order valence-electron chi connectivity index (χ1n) is 5.97. The molecule has 2 rings (SSSR count). The summed E-state index contributed by atoms with van der Waals surface area (Å²) in [4.78, 5) is 11.8. The van der Waals surface area contributed by atoms with Crippen LogP contribution in [0.25, 0.3) is 0 Å². The standard InChI is InChI=1S/C15H10Cl2N2O2/c16-12-2-1-3-13(17)15(12)19-14(20)9-21-11-6-4-10(8-18)5-7-11/h1-7H,9H2,(H,19,20). The Labute approximate surface area is 131 Å². The maximum Gasteiger partial charge on any atom is 0.262 e. The van der Waals surface area contributed by atoms with Gasteiger partial charge in [0.25, 0.3) is 5.91 Å². The Hall–Kier alpha value is -2.22. The molecule has 0 aliphatic rings. The van der Waals surface area contributed by atoms with Crippen LogP contribution in [-0.2, 0) is 4.79 Å². The molecule has 0 fully saturated rings. The molecule has 0 heterocycles. The van der Waals surface area contributed by atoms with E-state index in [2.05, 4.69) is 5.32 Å². The van der Waals surface area contributed by atoms with Gasteiger partial charge in [0, 0.05) is 0 Å². The Morgan fingerprint density at radius 1 is 1.14 bits per heavy atom. The second kappa shape index (κ2) is 6.98. The highest BCUT2D eigenvalue weighted by molar-refractivity contribution is 6.39. The van der Waals surface area contributed by atoms with Crippen molar-refractivity contribution >= 4 is 34.8 Å². The number of nitrogens with zero attached hydrogens (tertiary/aromatic N) is 1. The molecule has 0 atom stereocenters. The van der Waals surface area contributed by atoms with Gasteiger partial charge in [0.05, 0.1) is 27.4 Å². The van der Waals surface area contributed by atoms with E-state index in [0.29, 0.717) is 27.0 Å². The summed E-state index contributed by atoms with van der Waals surface area (Å²) in [6, 6.07) is 13.4. The molecule has 0 aromatic heterocycles. The summed E-state index contributed by atoms with van der Waals surface area (Å²) < 4.78 is 5.31. The van der Waals surface area contributed by atoms with Crippen molar-refractivity contribution in [3.05, 3.63) is 58.1 Å². The minimum absolute atomic E-state index is 0.187. The van der Waals surface area contributed by atoms with Gasteiger partial charge in [-0.2, -0.15) is 5.26 Å². The Morgan fingerprint density at radius 2 is 1.76 bits per heavy atom. The lowest BCUT2D eigenvalue weighted by Gasteiger charge is -2.10. The third-order valence-corrected chi connectivity index (χ3v) is 3.21. The average molecular weight is 321 g/mol. The second-order valence-electron chi connectivity index (χ2n) is 4.07. The number of anilines is 1. The molecule has 0 unspecified atom stereocenters. The molecule has 1 N–H and O–H groups in total. The molecule has 106 valence electrons. The molecule has 0 spiro atoms. The van der Waals surface area contributed by atoms with E-state index in [1.807, 2.05) is 6.07 Å². The predicted molar refractivity (Wildman–Crippen MR) is 81.7 cm³/mol. The van der Waals surface area contributed by atoms with Crippen molar-refractivity contribution in [3.63, 3.8) is 0 Å². The smallest absolute Gasteiger partial charge is 0.262 e. The molecular formula is C15H10Cl2N2O2. The van der Waals surface area contributed by atoms with E-state index < -0.39 is 0 Å². The molecule has 2 aromatic rings. The summed E-state index contributed by atoms with van der Waals surface area (Å²) >= 11 is 11.9. The summed E-state index contributed by atoms with van der Waals surface area (Å²) in [5.74, 6) is 0.115. The minimum Gasteiger partial charge on any atom is -0.484 e. The molecule has 1 amide bonds. The van der Waals surface area contributed by atoms with Crippen LogP contribution in [0.15, 0.2) is 42.5 Å². The maximum atomic E-state index is 11.8. The topological polar surface area (TPSA) is 62.1 Å². The van der Waals surface area contributed by atoms with E-state index in [1.165, 1.54) is 0 Å². The number of benzene rings is 2. The molecular weight excluding hydrogens is 311 g/mol. The number of amides is 1. The SMILES string of the molecule is N#Cc1ccc(OCC(=O)Nc2c(Cl)cccc2Cl)cc1. The number of nitrogens with one attached hydrogen (secondary N) is 1. The van der Waals surface area contributed by atoms with Crippen LogP contribution in [-0.4, -0.2) is 12.5 Å². The number of rotatable bonds is 4. The van der Waals surface area contributed by atoms with E-state index in [-0.39, 0.29) is 12.5 Å². The zero-order chi connectivity index (χ0) is 15.2. The number of nitriles is 1. The Bertz CT molecular complexity index is 674. The summed E-state index contributed by atoms with van der Waals surface area (Å²) in [5, 5.41) is 12.0. The van der Waals surface area contributed by atoms with E-state index in [1.54, 1.807) is 42.5 Å². The number of hydrogen-bond donors (Lipinski definition) is 1. The van der Waals surface area contributed by atoms with E-state index in [4.69, 9.17) is 33.2 Å². The molecule has 21 heavy (non-hydrogen) atoms. The molecule has 0 saturated carbocycles. The van der Waals surface area contributed by atoms with Crippen molar-refractivity contribution in [1.82, 2.24) is 0 Å². The van der Waals surface area contributed by atoms with Gasteiger partial charge in [-0.05, 0) is 36.4 Å². The predicted octanol–water partition coefficient (Wildman–Crippen LogP) is 3.88. The first kappa shape index (κ1) is 15.2. The lowest BCUT2D eigenvalue weighted by Crippen LogP contribution is -2.20. The van der Waals surface area contributed by atoms with Crippen LogP contribution in [0.1, 0.15) is 5.56 Å². The number of para-hydroxylation sites is 1. The van der Waals surface area contributed by atoms with Crippen LogP contribution < -0.4 is 10.1 Å². The van der Waals surface area contributed by atoms with Gasteiger partial charge in [0.15, 0.2) is 6.61 Å². The molecule has 0 aliphatic carbocycles. The molecule has 0 aliphatic heterocycles. The zero-order valence-corrected chi connectivity index (χ0v) is 12.3. The number of carbonyl (C=O) groups excluding carboxylic acids is 1. The van der Waals surface area contributed by atoms with Gasteiger partial charge in [-0.25, -0.2) is 0 Å². The number of halogens is 2. The van der Waals surface area contributed by atoms with Gasteiger partial charge in [-0.3, -0.25) is 4.79 Å². The van der Waals surface area contributed by atoms with Crippen LogP contribution in [0.3, 0.4) is 0 Å². The quantitative estimate of drug-likeness (QED) is 0.929. The Balaban J connectivity index is 1.94. The van der Waals surface area contributed by atoms with Gasteiger partial charge in [0.2, 0.25) is 0 Å². The third-order valence-electron chi connectivity index (χ3n) is 2.58. The number of carbonyl (C=O) groups is 1. The van der Waals surface area contributed by atoms with Crippen LogP contribution >= 0.6 is 23.2 Å². The Morgan fingerprint density at radius 3 is 2.33 bits per heavy atom. The van der Waals surface area contributed by atoms with Crippen molar-refractivity contribution in [2.24, 2.45) is 0 Å². The molecule has 0 bridgehead atoms. The fourth-order valence-electron chi connectivity index (χ4n) is 1.57. The molecule has 6 heteroatoms. The average Bonchev–Trinajstić information content (AvgIpc) is 2.49. The number of hydrogen-bond acceptors (Lipinski definition) is 3. The highest BCUT2D eigenvalue weighted by Crippen LogP contribution is 2.29. The van der Waals surface area contributed by atoms with Gasteiger partial charge in [-0.1, -0.05) is 29.3 Å². The maximum absolute atomic E-state index is 11.8. The van der Waals surface area contributed by atoms with Crippen LogP contribution in [0.4, 0.5) is 5.69 Å².